The van der Waals surface area contributed by atoms with E-state index in [-0.39, 0.29) is 58.5 Å². The van der Waals surface area contributed by atoms with Gasteiger partial charge in [-0.05, 0) is 236 Å². The lowest BCUT2D eigenvalue weighted by Crippen LogP contribution is -2.34. The molecule has 0 radical (unpaired) electrons. The molecule has 0 aromatic carbocycles. The highest BCUT2D eigenvalue weighted by atomic mass is 79.9. The first-order valence-electron chi connectivity index (χ1n) is 42.0. The molecule has 6 aromatic heterocycles. The Bertz CT molecular complexity index is 4260. The number of aromatic nitrogens is 9. The second-order valence-corrected chi connectivity index (χ2v) is 39.2. The molecular formula is C91H140BrClN16O10. The number of ketones is 3. The number of pyridine rings is 3. The van der Waals surface area contributed by atoms with Crippen LogP contribution in [-0.2, 0) is 80.0 Å². The fraction of sp³-hybridized carbons (Fsp3) is 0.637. The van der Waals surface area contributed by atoms with Crippen molar-refractivity contribution < 1.29 is 48.1 Å². The van der Waals surface area contributed by atoms with Gasteiger partial charge in [-0.15, -0.1) is 0 Å². The normalized spacial score (nSPS) is 12.9. The van der Waals surface area contributed by atoms with E-state index >= 15 is 0 Å². The summed E-state index contributed by atoms with van der Waals surface area (Å²) < 4.78 is 15.7. The van der Waals surface area contributed by atoms with Crippen LogP contribution in [0.25, 0.3) is 34.6 Å². The minimum Gasteiger partial charge on any atom is -0.444 e. The van der Waals surface area contributed by atoms with Crippen molar-refractivity contribution in [1.82, 2.24) is 64.9 Å². The second-order valence-electron chi connectivity index (χ2n) is 37.9. The molecule has 3 amide bonds. The van der Waals surface area contributed by atoms with Gasteiger partial charge >= 0.3 is 18.3 Å². The molecular weight excluding hydrogens is 1590 g/mol. The van der Waals surface area contributed by atoms with Gasteiger partial charge in [-0.2, -0.15) is 0 Å². The van der Waals surface area contributed by atoms with Crippen molar-refractivity contribution in [3.8, 4) is 34.6 Å². The maximum absolute atomic E-state index is 12.7. The number of nitrogens with zero attached hydrogens (tertiary/aromatic N) is 15. The van der Waals surface area contributed by atoms with Crippen molar-refractivity contribution in [2.45, 2.75) is 257 Å². The van der Waals surface area contributed by atoms with Crippen LogP contribution >= 0.6 is 27.5 Å². The molecule has 6 heterocycles. The van der Waals surface area contributed by atoms with E-state index in [1.165, 1.54) is 16.0 Å². The van der Waals surface area contributed by atoms with E-state index in [2.05, 4.69) is 111 Å². The van der Waals surface area contributed by atoms with E-state index in [0.29, 0.717) is 86.6 Å². The summed E-state index contributed by atoms with van der Waals surface area (Å²) in [5.74, 6) is 5.05. The third kappa shape index (κ3) is 37.2. The quantitative estimate of drug-likeness (QED) is 0.0250. The molecule has 0 saturated heterocycles. The van der Waals surface area contributed by atoms with Crippen molar-refractivity contribution in [3.63, 3.8) is 0 Å². The monoisotopic (exact) mass is 1730 g/mol. The van der Waals surface area contributed by atoms with Gasteiger partial charge in [0.15, 0.2) is 34.8 Å². The number of anilines is 3. The highest BCUT2D eigenvalue weighted by Gasteiger charge is 2.30. The number of carbonyl (C=O) groups excluding carboxylic acids is 6. The second kappa shape index (κ2) is 46.6. The molecule has 3 aliphatic rings. The van der Waals surface area contributed by atoms with Crippen LogP contribution in [0.4, 0.5) is 31.8 Å². The number of nitrogens with one attached hydrogen (secondary N) is 1. The minimum absolute atomic E-state index is 0.00560. The fourth-order valence-electron chi connectivity index (χ4n) is 13.4. The van der Waals surface area contributed by atoms with E-state index < -0.39 is 16.8 Å². The van der Waals surface area contributed by atoms with Gasteiger partial charge in [0.2, 0.25) is 0 Å². The Morgan fingerprint density at radius 3 is 1.05 bits per heavy atom. The fourth-order valence-corrected chi connectivity index (χ4v) is 13.8. The molecule has 0 atom stereocenters. The molecule has 26 nitrogen and oxygen atoms in total. The van der Waals surface area contributed by atoms with Crippen molar-refractivity contribution in [2.24, 2.45) is 16.2 Å². The van der Waals surface area contributed by atoms with E-state index in [0.717, 1.165) is 171 Å². The van der Waals surface area contributed by atoms with Crippen LogP contribution in [0.2, 0.25) is 5.02 Å². The summed E-state index contributed by atoms with van der Waals surface area (Å²) in [7, 11) is 13.0. The average molecular weight is 1730 g/mol. The molecule has 0 spiro atoms. The summed E-state index contributed by atoms with van der Waals surface area (Å²) in [5, 5.41) is 13.2. The summed E-state index contributed by atoms with van der Waals surface area (Å²) in [6, 6.07) is 11.7. The first-order valence-corrected chi connectivity index (χ1v) is 43.5. The number of aliphatic hydroxyl groups excluding tert-OH is 1. The SMILES string of the molecule is CN(CC(=O)CC(C)(C)C)c1nc(-c2cc(Cl)ccn2)nc2c1CCC2.CN(CCCBr)C(=O)OC(C)(C)C.CN(CCCO)C(=O)OC(C)(C)C.CN(CCCc1ccnc(-c2nc3c(c(N(C)CC(=O)CC(C)(C)C)n2)CCC3)c1)C(=O)OC(C)(C)C.CNCCCc1ccnc(-c2nc3c(c(N(C)CC(=O)CC(C)(C)C)n2)CCC3)c1. The molecule has 9 rings (SSSR count). The predicted octanol–water partition coefficient (Wildman–Crippen LogP) is 16.9. The maximum atomic E-state index is 12.7. The number of likely N-dealkylation sites (N-methyl/N-ethyl adjacent to an activating group) is 3. The molecule has 0 saturated carbocycles. The average Bonchev–Trinajstić information content (AvgIpc) is 1.76. The molecule has 0 aliphatic heterocycles. The summed E-state index contributed by atoms with van der Waals surface area (Å²) in [6.07, 6.45) is 20.1. The van der Waals surface area contributed by atoms with Gasteiger partial charge in [0.05, 0.1) is 19.6 Å². The van der Waals surface area contributed by atoms with Gasteiger partial charge in [-0.1, -0.05) is 89.8 Å². The van der Waals surface area contributed by atoms with E-state index in [9.17, 15) is 28.8 Å². The number of hydrogen-bond donors (Lipinski definition) is 2. The molecule has 119 heavy (non-hydrogen) atoms. The Kier molecular flexibility index (Phi) is 39.6. The molecule has 2 N–H and O–H groups in total. The Hall–Kier alpha value is -8.40. The number of fused-ring (bicyclic) bond motifs is 3. The standard InChI is InChI=1S/C29H43N5O3.C24H35N5O.C20H25ClN4O.C9H18BrNO2.C9H19NO3/c1-28(2,3)18-21(35)19-34(8)26-22-12-9-13-23(22)31-25(32-26)24-17-20(14-15-30-24)11-10-16-33(7)27(36)37-29(4,5)6;1-24(2,3)15-18(30)16-29(5)23-19-9-6-10-20(19)27-22(28-23)21-14-17(11-13-26-21)8-7-12-25-4;1-20(2,3)11-14(26)12-25(4)19-15-6-5-7-16(15)23-18(24-19)17-10-13(21)8-9-22-17;1-9(2,3)13-8(12)11(4)7-5-6-10;1-9(2,3)13-8(12)10(4)6-5-7-11/h14-15,17H,9-13,16,18-19H2,1-8H3;11,13-14,25H,6-10,12,15-16H2,1-5H3;8-10H,5-7,11-12H2,1-4H3;5-7H2,1-4H3;11H,5-7H2,1-4H3. The predicted molar refractivity (Wildman–Crippen MR) is 481 cm³/mol. The lowest BCUT2D eigenvalue weighted by atomic mass is 9.90. The van der Waals surface area contributed by atoms with Crippen LogP contribution in [0, 0.1) is 16.2 Å². The van der Waals surface area contributed by atoms with Gasteiger partial charge < -0.3 is 54.0 Å². The van der Waals surface area contributed by atoms with Crippen LogP contribution in [0.5, 0.6) is 0 Å². The highest BCUT2D eigenvalue weighted by molar-refractivity contribution is 9.09. The number of Topliss-reactive ketones (excluding diaryl/α,β-unsaturated/α-hetero) is 3. The largest absolute Gasteiger partial charge is 0.444 e. The lowest BCUT2D eigenvalue weighted by molar-refractivity contribution is -0.120. The number of hydrogen-bond acceptors (Lipinski definition) is 23. The number of halogens is 2. The molecule has 28 heteroatoms. The first kappa shape index (κ1) is 101. The van der Waals surface area contributed by atoms with Gasteiger partial charge in [0, 0.05) is 151 Å². The summed E-state index contributed by atoms with van der Waals surface area (Å²) >= 11 is 9.40. The number of aliphatic hydroxyl groups is 1. The maximum Gasteiger partial charge on any atom is 0.410 e. The molecule has 0 fully saturated rings. The molecule has 0 bridgehead atoms. The van der Waals surface area contributed by atoms with Crippen LogP contribution in [0.15, 0.2) is 55.0 Å². The number of ether oxygens (including phenoxy) is 3. The summed E-state index contributed by atoms with van der Waals surface area (Å²) in [4.78, 5) is 125. The van der Waals surface area contributed by atoms with Crippen molar-refractivity contribution in [2.75, 3.05) is 122 Å². The highest BCUT2D eigenvalue weighted by Crippen LogP contribution is 2.36. The van der Waals surface area contributed by atoms with Crippen LogP contribution in [0.3, 0.4) is 0 Å². The van der Waals surface area contributed by atoms with Gasteiger partial charge in [-0.3, -0.25) is 29.3 Å². The molecule has 658 valence electrons. The Morgan fingerprint density at radius 2 is 0.748 bits per heavy atom. The minimum atomic E-state index is -0.506. The number of amides is 3. The van der Waals surface area contributed by atoms with E-state index in [1.54, 1.807) is 55.5 Å². The molecule has 3 aliphatic carbocycles. The zero-order valence-corrected chi connectivity index (χ0v) is 78.7. The lowest BCUT2D eigenvalue weighted by Gasteiger charge is -2.24. The number of aryl methyl sites for hydroxylation is 5. The zero-order valence-electron chi connectivity index (χ0n) is 76.4. The summed E-state index contributed by atoms with van der Waals surface area (Å²) in [6.45, 7) is 39.4. The van der Waals surface area contributed by atoms with Crippen molar-refractivity contribution in [1.29, 1.82) is 0 Å². The third-order valence-corrected chi connectivity index (χ3v) is 19.3. The Morgan fingerprint density at radius 1 is 0.437 bits per heavy atom. The van der Waals surface area contributed by atoms with Crippen LogP contribution in [0.1, 0.15) is 234 Å². The zero-order chi connectivity index (χ0) is 89.0. The van der Waals surface area contributed by atoms with Crippen molar-refractivity contribution >= 4 is 80.6 Å². The number of rotatable bonds is 29. The van der Waals surface area contributed by atoms with E-state index in [1.807, 2.05) is 124 Å². The van der Waals surface area contributed by atoms with E-state index in [4.69, 9.17) is 60.8 Å². The topological polar surface area (TPSA) is 298 Å². The first-order chi connectivity index (χ1) is 55.4. The van der Waals surface area contributed by atoms with Crippen molar-refractivity contribution in [3.05, 3.63) is 105 Å². The van der Waals surface area contributed by atoms with Gasteiger partial charge in [0.25, 0.3) is 0 Å². The molecule has 0 unspecified atom stereocenters. The van der Waals surface area contributed by atoms with Gasteiger partial charge in [-0.25, -0.2) is 44.3 Å². The Labute approximate surface area is 723 Å². The van der Waals surface area contributed by atoms with Gasteiger partial charge in [0.1, 0.15) is 51.3 Å². The third-order valence-electron chi connectivity index (χ3n) is 18.5. The Balaban J connectivity index is 0.000000279. The van der Waals surface area contributed by atoms with Crippen LogP contribution in [-0.4, -0.2) is 224 Å². The van der Waals surface area contributed by atoms with Crippen LogP contribution < -0.4 is 20.0 Å². The number of carbonyl (C=O) groups is 6. The molecule has 6 aromatic rings. The number of alkyl halides is 1. The summed E-state index contributed by atoms with van der Waals surface area (Å²) in [5.41, 5.74) is 9.84. The smallest absolute Gasteiger partial charge is 0.410 e.